The third-order valence-electron chi connectivity index (χ3n) is 2.34. The molecule has 1 aromatic heterocycles. The number of hydrogen-bond acceptors (Lipinski definition) is 2. The zero-order valence-corrected chi connectivity index (χ0v) is 10.0. The molecule has 0 fully saturated rings. The number of benzene rings is 1. The van der Waals surface area contributed by atoms with Gasteiger partial charge < -0.3 is 4.74 Å². The van der Waals surface area contributed by atoms with Crippen LogP contribution in [0, 0.1) is 12.7 Å². The number of pyridine rings is 1. The third-order valence-corrected chi connectivity index (χ3v) is 2.56. The van der Waals surface area contributed by atoms with Crippen molar-refractivity contribution in [2.24, 2.45) is 0 Å². The molecule has 4 heteroatoms. The first-order valence-corrected chi connectivity index (χ1v) is 5.53. The summed E-state index contributed by atoms with van der Waals surface area (Å²) in [6.45, 7) is 1.97. The minimum absolute atomic E-state index is 0.250. The number of rotatable bonds is 3. The zero-order valence-electron chi connectivity index (χ0n) is 9.28. The molecular formula is C13H11ClFNO. The van der Waals surface area contributed by atoms with Crippen LogP contribution in [0.25, 0.3) is 0 Å². The van der Waals surface area contributed by atoms with Crippen LogP contribution in [0.1, 0.15) is 11.1 Å². The quantitative estimate of drug-likeness (QED) is 0.775. The molecule has 1 aromatic carbocycles. The van der Waals surface area contributed by atoms with Crippen LogP contribution in [0.15, 0.2) is 36.5 Å². The normalized spacial score (nSPS) is 10.3. The molecule has 2 aromatic rings. The van der Waals surface area contributed by atoms with Gasteiger partial charge in [-0.05, 0) is 24.6 Å². The number of ether oxygens (including phenoxy) is 1. The molecule has 0 N–H and O–H groups in total. The van der Waals surface area contributed by atoms with E-state index in [0.29, 0.717) is 10.7 Å². The number of hydrogen-bond donors (Lipinski definition) is 0. The van der Waals surface area contributed by atoms with Crippen molar-refractivity contribution in [1.29, 1.82) is 0 Å². The van der Waals surface area contributed by atoms with Crippen LogP contribution in [-0.4, -0.2) is 4.98 Å². The average Bonchev–Trinajstić information content (AvgIpc) is 2.33. The van der Waals surface area contributed by atoms with Gasteiger partial charge in [0.1, 0.15) is 11.8 Å². The van der Waals surface area contributed by atoms with Crippen molar-refractivity contribution in [2.75, 3.05) is 0 Å². The Balaban J connectivity index is 2.07. The van der Waals surface area contributed by atoms with Crippen molar-refractivity contribution in [3.63, 3.8) is 0 Å². The second-order valence-electron chi connectivity index (χ2n) is 3.66. The molecule has 17 heavy (non-hydrogen) atoms. The summed E-state index contributed by atoms with van der Waals surface area (Å²) in [6.07, 6.45) is 1.61. The Morgan fingerprint density at radius 2 is 2.12 bits per heavy atom. The van der Waals surface area contributed by atoms with E-state index in [1.165, 1.54) is 0 Å². The maximum absolute atomic E-state index is 13.6. The van der Waals surface area contributed by atoms with E-state index in [1.807, 2.05) is 0 Å². The van der Waals surface area contributed by atoms with Crippen molar-refractivity contribution in [3.05, 3.63) is 58.6 Å². The topological polar surface area (TPSA) is 22.1 Å². The van der Waals surface area contributed by atoms with Gasteiger partial charge in [-0.2, -0.15) is 0 Å². The fourth-order valence-electron chi connectivity index (χ4n) is 1.38. The second kappa shape index (κ2) is 5.15. The molecule has 0 spiro atoms. The lowest BCUT2D eigenvalue weighted by Gasteiger charge is -2.08. The largest absolute Gasteiger partial charge is 0.486 e. The van der Waals surface area contributed by atoms with E-state index in [-0.39, 0.29) is 18.2 Å². The summed E-state index contributed by atoms with van der Waals surface area (Å²) in [5.41, 5.74) is 1.41. The Kier molecular flexibility index (Phi) is 3.59. The Hall–Kier alpha value is -1.61. The Labute approximate surface area is 104 Å². The molecule has 0 bridgehead atoms. The lowest BCUT2D eigenvalue weighted by atomic mass is 10.2. The Bertz CT molecular complexity index is 513. The smallest absolute Gasteiger partial charge is 0.167 e. The fraction of sp³-hybridized carbons (Fsp3) is 0.154. The lowest BCUT2D eigenvalue weighted by molar-refractivity contribution is 0.289. The number of halogens is 2. The van der Waals surface area contributed by atoms with Gasteiger partial charge >= 0.3 is 0 Å². The number of nitrogens with zero attached hydrogens (tertiary/aromatic N) is 1. The molecule has 0 aliphatic heterocycles. The van der Waals surface area contributed by atoms with E-state index in [2.05, 4.69) is 4.98 Å². The molecular weight excluding hydrogens is 241 g/mol. The Morgan fingerprint density at radius 1 is 1.29 bits per heavy atom. The van der Waals surface area contributed by atoms with Crippen LogP contribution in [0.5, 0.6) is 5.75 Å². The van der Waals surface area contributed by atoms with Gasteiger partial charge in [0.25, 0.3) is 0 Å². The van der Waals surface area contributed by atoms with Crippen molar-refractivity contribution in [1.82, 2.24) is 4.98 Å². The molecule has 0 aliphatic carbocycles. The summed E-state index contributed by atoms with van der Waals surface area (Å²) in [5, 5.41) is 0.426. The van der Waals surface area contributed by atoms with Crippen molar-refractivity contribution < 1.29 is 9.13 Å². The molecule has 88 valence electrons. The van der Waals surface area contributed by atoms with Crippen molar-refractivity contribution in [3.8, 4) is 5.75 Å². The standard InChI is InChI=1S/C13H11ClFNO/c1-9-3-2-4-11(13(9)15)17-8-10-5-6-12(14)16-7-10/h2-7H,8H2,1H3. The average molecular weight is 252 g/mol. The monoisotopic (exact) mass is 251 g/mol. The molecule has 2 rings (SSSR count). The molecule has 0 aliphatic rings. The van der Waals surface area contributed by atoms with E-state index in [4.69, 9.17) is 16.3 Å². The maximum atomic E-state index is 13.6. The van der Waals surface area contributed by atoms with Crippen LogP contribution in [0.2, 0.25) is 5.15 Å². The summed E-state index contributed by atoms with van der Waals surface area (Å²) in [6, 6.07) is 8.53. The van der Waals surface area contributed by atoms with Crippen LogP contribution in [0.4, 0.5) is 4.39 Å². The molecule has 2 nitrogen and oxygen atoms in total. The first-order valence-electron chi connectivity index (χ1n) is 5.15. The van der Waals surface area contributed by atoms with Gasteiger partial charge in [0.2, 0.25) is 0 Å². The van der Waals surface area contributed by atoms with Gasteiger partial charge in [0.15, 0.2) is 11.6 Å². The summed E-state index contributed by atoms with van der Waals surface area (Å²) in [5.74, 6) is -0.0747. The first kappa shape index (κ1) is 11.9. The van der Waals surface area contributed by atoms with Gasteiger partial charge in [0, 0.05) is 11.8 Å². The van der Waals surface area contributed by atoms with E-state index in [9.17, 15) is 4.39 Å². The summed E-state index contributed by atoms with van der Waals surface area (Å²) in [4.78, 5) is 3.92. The second-order valence-corrected chi connectivity index (χ2v) is 4.05. The lowest BCUT2D eigenvalue weighted by Crippen LogP contribution is -1.98. The first-order chi connectivity index (χ1) is 8.16. The maximum Gasteiger partial charge on any atom is 0.167 e. The number of aryl methyl sites for hydroxylation is 1. The molecule has 0 radical (unpaired) electrons. The molecule has 0 unspecified atom stereocenters. The van der Waals surface area contributed by atoms with Gasteiger partial charge in [-0.1, -0.05) is 29.8 Å². The van der Waals surface area contributed by atoms with Crippen molar-refractivity contribution >= 4 is 11.6 Å². The predicted octanol–water partition coefficient (Wildman–Crippen LogP) is 3.76. The fourth-order valence-corrected chi connectivity index (χ4v) is 1.50. The van der Waals surface area contributed by atoms with E-state index < -0.39 is 0 Å². The van der Waals surface area contributed by atoms with Gasteiger partial charge in [-0.3, -0.25) is 0 Å². The zero-order chi connectivity index (χ0) is 12.3. The molecule has 1 heterocycles. The van der Waals surface area contributed by atoms with E-state index in [0.717, 1.165) is 5.56 Å². The van der Waals surface area contributed by atoms with E-state index in [1.54, 1.807) is 43.5 Å². The van der Waals surface area contributed by atoms with Crippen LogP contribution in [-0.2, 0) is 6.61 Å². The van der Waals surface area contributed by atoms with Gasteiger partial charge in [-0.25, -0.2) is 9.37 Å². The molecule has 0 saturated heterocycles. The van der Waals surface area contributed by atoms with E-state index >= 15 is 0 Å². The van der Waals surface area contributed by atoms with Gasteiger partial charge in [-0.15, -0.1) is 0 Å². The van der Waals surface area contributed by atoms with Gasteiger partial charge in [0.05, 0.1) is 0 Å². The minimum atomic E-state index is -0.325. The minimum Gasteiger partial charge on any atom is -0.486 e. The summed E-state index contributed by atoms with van der Waals surface area (Å²) >= 11 is 5.66. The Morgan fingerprint density at radius 3 is 2.82 bits per heavy atom. The summed E-state index contributed by atoms with van der Waals surface area (Å²) < 4.78 is 19.0. The number of aromatic nitrogens is 1. The highest BCUT2D eigenvalue weighted by atomic mass is 35.5. The highest BCUT2D eigenvalue weighted by Gasteiger charge is 2.05. The van der Waals surface area contributed by atoms with Crippen LogP contribution >= 0.6 is 11.6 Å². The highest BCUT2D eigenvalue weighted by molar-refractivity contribution is 6.29. The molecule has 0 atom stereocenters. The van der Waals surface area contributed by atoms with Crippen LogP contribution in [0.3, 0.4) is 0 Å². The molecule has 0 amide bonds. The van der Waals surface area contributed by atoms with Crippen molar-refractivity contribution in [2.45, 2.75) is 13.5 Å². The molecule has 0 saturated carbocycles. The SMILES string of the molecule is Cc1cccc(OCc2ccc(Cl)nc2)c1F. The predicted molar refractivity (Wildman–Crippen MR) is 64.7 cm³/mol. The summed E-state index contributed by atoms with van der Waals surface area (Å²) in [7, 11) is 0. The van der Waals surface area contributed by atoms with Crippen LogP contribution < -0.4 is 4.74 Å². The highest BCUT2D eigenvalue weighted by Crippen LogP contribution is 2.20. The third kappa shape index (κ3) is 2.94.